The van der Waals surface area contributed by atoms with Gasteiger partial charge in [-0.1, -0.05) is 0 Å². The maximum Gasteiger partial charge on any atom is 0.316 e. The molecule has 0 radical (unpaired) electrons. The molecule has 1 unspecified atom stereocenters. The van der Waals surface area contributed by atoms with E-state index in [4.69, 9.17) is 5.73 Å². The van der Waals surface area contributed by atoms with Gasteiger partial charge in [0.1, 0.15) is 0 Å². The zero-order chi connectivity index (χ0) is 12.3. The smallest absolute Gasteiger partial charge is 0.316 e. The Kier molecular flexibility index (Phi) is 3.49. The van der Waals surface area contributed by atoms with Gasteiger partial charge in [0.25, 0.3) is 0 Å². The Hall–Kier alpha value is -1.75. The second kappa shape index (κ2) is 5.05. The number of hydrogen-bond donors (Lipinski definition) is 3. The monoisotopic (exact) mass is 234 g/mol. The lowest BCUT2D eigenvalue weighted by Crippen LogP contribution is -2.23. The van der Waals surface area contributed by atoms with Crippen LogP contribution in [0.1, 0.15) is 6.42 Å². The first-order valence-electron chi connectivity index (χ1n) is 5.75. The summed E-state index contributed by atoms with van der Waals surface area (Å²) in [4.78, 5) is 13.0. The Morgan fingerprint density at radius 2 is 2.00 bits per heavy atom. The fraction of sp³-hybridized carbons (Fsp3) is 0.417. The van der Waals surface area contributed by atoms with Gasteiger partial charge in [0.2, 0.25) is 0 Å². The van der Waals surface area contributed by atoms with E-state index < -0.39 is 6.03 Å². The molecule has 0 bridgehead atoms. The van der Waals surface area contributed by atoms with Gasteiger partial charge in [0.05, 0.1) is 0 Å². The SMILES string of the molecule is CN1CCC(Nc2ccc(NC(N)=O)cc2)C1. The van der Waals surface area contributed by atoms with Crippen LogP contribution in [0.25, 0.3) is 0 Å². The molecule has 4 N–H and O–H groups in total. The summed E-state index contributed by atoms with van der Waals surface area (Å²) in [5.41, 5.74) is 6.82. The highest BCUT2D eigenvalue weighted by molar-refractivity contribution is 5.87. The third-order valence-electron chi connectivity index (χ3n) is 2.91. The lowest BCUT2D eigenvalue weighted by molar-refractivity contribution is 0.259. The summed E-state index contributed by atoms with van der Waals surface area (Å²) in [6, 6.07) is 7.54. The number of benzene rings is 1. The summed E-state index contributed by atoms with van der Waals surface area (Å²) in [7, 11) is 2.13. The summed E-state index contributed by atoms with van der Waals surface area (Å²) in [6.45, 7) is 2.21. The molecule has 1 aliphatic heterocycles. The van der Waals surface area contributed by atoms with Crippen molar-refractivity contribution in [1.29, 1.82) is 0 Å². The van der Waals surface area contributed by atoms with Crippen molar-refractivity contribution in [2.75, 3.05) is 30.8 Å². The lowest BCUT2D eigenvalue weighted by atomic mass is 10.2. The molecule has 5 nitrogen and oxygen atoms in total. The predicted molar refractivity (Wildman–Crippen MR) is 69.2 cm³/mol. The van der Waals surface area contributed by atoms with Gasteiger partial charge in [-0.2, -0.15) is 0 Å². The normalized spacial score (nSPS) is 20.2. The van der Waals surface area contributed by atoms with E-state index >= 15 is 0 Å². The van der Waals surface area contributed by atoms with Crippen molar-refractivity contribution < 1.29 is 4.79 Å². The summed E-state index contributed by atoms with van der Waals surface area (Å²) in [5, 5.41) is 6.00. The van der Waals surface area contributed by atoms with Crippen LogP contribution in [0.4, 0.5) is 16.2 Å². The average molecular weight is 234 g/mol. The van der Waals surface area contributed by atoms with Gasteiger partial charge >= 0.3 is 6.03 Å². The molecule has 1 aromatic rings. The lowest BCUT2D eigenvalue weighted by Gasteiger charge is -2.14. The number of primary amides is 1. The first-order chi connectivity index (χ1) is 8.13. The topological polar surface area (TPSA) is 70.4 Å². The molecule has 1 aromatic carbocycles. The number of carbonyl (C=O) groups excluding carboxylic acids is 1. The molecule has 1 heterocycles. The van der Waals surface area contributed by atoms with Crippen molar-refractivity contribution in [3.8, 4) is 0 Å². The number of amides is 2. The van der Waals surface area contributed by atoms with E-state index in [9.17, 15) is 4.79 Å². The highest BCUT2D eigenvalue weighted by atomic mass is 16.2. The largest absolute Gasteiger partial charge is 0.381 e. The number of anilines is 2. The maximum absolute atomic E-state index is 10.7. The molecule has 0 aromatic heterocycles. The molecule has 0 spiro atoms. The third kappa shape index (κ3) is 3.35. The van der Waals surface area contributed by atoms with Crippen LogP contribution in [0.15, 0.2) is 24.3 Å². The number of nitrogens with two attached hydrogens (primary N) is 1. The maximum atomic E-state index is 10.7. The van der Waals surface area contributed by atoms with Crippen molar-refractivity contribution in [3.63, 3.8) is 0 Å². The molecule has 2 amide bonds. The fourth-order valence-electron chi connectivity index (χ4n) is 2.08. The van der Waals surface area contributed by atoms with Crippen LogP contribution in [0.2, 0.25) is 0 Å². The minimum Gasteiger partial charge on any atom is -0.381 e. The van der Waals surface area contributed by atoms with Gasteiger partial charge in [0.15, 0.2) is 0 Å². The van der Waals surface area contributed by atoms with Gasteiger partial charge in [-0.15, -0.1) is 0 Å². The summed E-state index contributed by atoms with van der Waals surface area (Å²) < 4.78 is 0. The van der Waals surface area contributed by atoms with Gasteiger partial charge in [-0.3, -0.25) is 0 Å². The van der Waals surface area contributed by atoms with Gasteiger partial charge in [0, 0.05) is 24.0 Å². The quantitative estimate of drug-likeness (QED) is 0.738. The number of likely N-dealkylation sites (N-methyl/N-ethyl adjacent to an activating group) is 1. The molecular weight excluding hydrogens is 216 g/mol. The highest BCUT2D eigenvalue weighted by Gasteiger charge is 2.18. The summed E-state index contributed by atoms with van der Waals surface area (Å²) >= 11 is 0. The highest BCUT2D eigenvalue weighted by Crippen LogP contribution is 2.17. The summed E-state index contributed by atoms with van der Waals surface area (Å²) in [5.74, 6) is 0. The van der Waals surface area contributed by atoms with Crippen molar-refractivity contribution in [1.82, 2.24) is 4.90 Å². The van der Waals surface area contributed by atoms with Crippen molar-refractivity contribution in [3.05, 3.63) is 24.3 Å². The van der Waals surface area contributed by atoms with E-state index in [1.54, 1.807) is 0 Å². The fourth-order valence-corrected chi connectivity index (χ4v) is 2.08. The van der Waals surface area contributed by atoms with E-state index in [-0.39, 0.29) is 0 Å². The first kappa shape index (κ1) is 11.7. The molecule has 0 aliphatic carbocycles. The number of urea groups is 1. The van der Waals surface area contributed by atoms with Crippen LogP contribution < -0.4 is 16.4 Å². The predicted octanol–water partition coefficient (Wildman–Crippen LogP) is 1.29. The molecule has 1 aliphatic rings. The molecule has 0 saturated carbocycles. The molecule has 2 rings (SSSR count). The van der Waals surface area contributed by atoms with E-state index in [2.05, 4.69) is 22.6 Å². The van der Waals surface area contributed by atoms with E-state index in [1.807, 2.05) is 24.3 Å². The van der Waals surface area contributed by atoms with Gasteiger partial charge in [-0.25, -0.2) is 4.79 Å². The van der Waals surface area contributed by atoms with Crippen molar-refractivity contribution in [2.24, 2.45) is 5.73 Å². The second-order valence-corrected chi connectivity index (χ2v) is 4.46. The molecule has 17 heavy (non-hydrogen) atoms. The molecule has 1 atom stereocenters. The number of rotatable bonds is 3. The van der Waals surface area contributed by atoms with E-state index in [0.717, 1.165) is 25.2 Å². The van der Waals surface area contributed by atoms with Crippen LogP contribution in [0.3, 0.4) is 0 Å². The Bertz CT molecular complexity index is 390. The Balaban J connectivity index is 1.91. The standard InChI is InChI=1S/C12H18N4O/c1-16-7-6-11(8-16)14-9-2-4-10(5-3-9)15-12(13)17/h2-5,11,14H,6-8H2,1H3,(H3,13,15,17). The second-order valence-electron chi connectivity index (χ2n) is 4.46. The van der Waals surface area contributed by atoms with Crippen LogP contribution >= 0.6 is 0 Å². The number of nitrogens with one attached hydrogen (secondary N) is 2. The minimum atomic E-state index is -0.539. The number of hydrogen-bond acceptors (Lipinski definition) is 3. The molecule has 5 heteroatoms. The molecule has 1 saturated heterocycles. The van der Waals surface area contributed by atoms with Crippen LogP contribution in [-0.2, 0) is 0 Å². The molecule has 1 fully saturated rings. The first-order valence-corrected chi connectivity index (χ1v) is 5.75. The van der Waals surface area contributed by atoms with Gasteiger partial charge in [-0.05, 0) is 44.3 Å². The Labute approximate surface area is 101 Å². The number of carbonyl (C=O) groups is 1. The van der Waals surface area contributed by atoms with Crippen molar-refractivity contribution >= 4 is 17.4 Å². The Morgan fingerprint density at radius 3 is 2.53 bits per heavy atom. The Morgan fingerprint density at radius 1 is 1.35 bits per heavy atom. The molecular formula is C12H18N4O. The molecule has 92 valence electrons. The number of likely N-dealkylation sites (tertiary alicyclic amines) is 1. The van der Waals surface area contributed by atoms with Crippen LogP contribution in [0, 0.1) is 0 Å². The van der Waals surface area contributed by atoms with E-state index in [0.29, 0.717) is 11.7 Å². The minimum absolute atomic E-state index is 0.509. The average Bonchev–Trinajstić information content (AvgIpc) is 2.66. The summed E-state index contributed by atoms with van der Waals surface area (Å²) in [6.07, 6.45) is 1.16. The van der Waals surface area contributed by atoms with Crippen LogP contribution in [-0.4, -0.2) is 37.1 Å². The van der Waals surface area contributed by atoms with Gasteiger partial charge < -0.3 is 21.3 Å². The third-order valence-corrected chi connectivity index (χ3v) is 2.91. The van der Waals surface area contributed by atoms with Crippen LogP contribution in [0.5, 0.6) is 0 Å². The number of nitrogens with zero attached hydrogens (tertiary/aromatic N) is 1. The van der Waals surface area contributed by atoms with E-state index in [1.165, 1.54) is 0 Å². The van der Waals surface area contributed by atoms with Crippen molar-refractivity contribution in [2.45, 2.75) is 12.5 Å². The zero-order valence-corrected chi connectivity index (χ0v) is 9.94. The zero-order valence-electron chi connectivity index (χ0n) is 9.94.